The lowest BCUT2D eigenvalue weighted by Crippen LogP contribution is -2.43. The molecule has 0 radical (unpaired) electrons. The average Bonchev–Trinajstić information content (AvgIpc) is 2.84. The van der Waals surface area contributed by atoms with Crippen molar-refractivity contribution in [2.24, 2.45) is 5.73 Å². The van der Waals surface area contributed by atoms with Crippen LogP contribution in [0.2, 0.25) is 0 Å². The van der Waals surface area contributed by atoms with Gasteiger partial charge in [-0.15, -0.1) is 0 Å². The number of piperidine rings is 1. The number of ether oxygens (including phenoxy) is 1. The van der Waals surface area contributed by atoms with Gasteiger partial charge in [0.15, 0.2) is 5.78 Å². The van der Waals surface area contributed by atoms with Crippen LogP contribution in [0.3, 0.4) is 0 Å². The molecule has 0 unspecified atom stereocenters. The molecule has 1 aromatic carbocycles. The number of Topliss-reactive ketones (excluding diaryl/α,β-unsaturated/α-hetero) is 1. The fourth-order valence-corrected chi connectivity index (χ4v) is 4.20. The van der Waals surface area contributed by atoms with E-state index in [4.69, 9.17) is 16.2 Å². The Hall–Kier alpha value is -3.52. The van der Waals surface area contributed by atoms with Gasteiger partial charge in [0.1, 0.15) is 17.3 Å². The van der Waals surface area contributed by atoms with Gasteiger partial charge < -0.3 is 21.1 Å². The molecule has 1 aliphatic heterocycles. The quantitative estimate of drug-likeness (QED) is 0.486. The van der Waals surface area contributed by atoms with Crippen molar-refractivity contribution in [1.82, 2.24) is 9.97 Å². The third kappa shape index (κ3) is 5.34. The predicted molar refractivity (Wildman–Crippen MR) is 132 cm³/mol. The van der Waals surface area contributed by atoms with Gasteiger partial charge in [-0.05, 0) is 55.7 Å². The molecule has 1 fully saturated rings. The molecule has 34 heavy (non-hydrogen) atoms. The van der Waals surface area contributed by atoms with E-state index in [9.17, 15) is 9.18 Å². The van der Waals surface area contributed by atoms with Gasteiger partial charge in [-0.1, -0.05) is 6.92 Å². The highest BCUT2D eigenvalue weighted by Crippen LogP contribution is 2.29. The molecule has 4 rings (SSSR count). The van der Waals surface area contributed by atoms with Crippen molar-refractivity contribution in [2.75, 3.05) is 30.3 Å². The maximum Gasteiger partial charge on any atom is 0.187 e. The minimum Gasteiger partial charge on any atom is -0.494 e. The molecule has 1 atom stereocenters. The summed E-state index contributed by atoms with van der Waals surface area (Å²) in [7, 11) is 0. The van der Waals surface area contributed by atoms with Gasteiger partial charge in [-0.3, -0.25) is 9.78 Å². The Morgan fingerprint density at radius 2 is 2.12 bits per heavy atom. The molecule has 0 aliphatic carbocycles. The lowest BCUT2D eigenvalue weighted by molar-refractivity contribution is 0.0989. The van der Waals surface area contributed by atoms with Crippen molar-refractivity contribution in [3.63, 3.8) is 0 Å². The first-order valence-electron chi connectivity index (χ1n) is 11.6. The molecule has 1 aliphatic rings. The molecule has 1 saturated heterocycles. The normalized spacial score (nSPS) is 15.9. The predicted octanol–water partition coefficient (Wildman–Crippen LogP) is 4.01. The highest BCUT2D eigenvalue weighted by Gasteiger charge is 2.22. The maximum atomic E-state index is 14.6. The van der Waals surface area contributed by atoms with E-state index in [-0.39, 0.29) is 35.2 Å². The summed E-state index contributed by atoms with van der Waals surface area (Å²) < 4.78 is 20.2. The number of ketones is 1. The van der Waals surface area contributed by atoms with Crippen LogP contribution in [-0.4, -0.2) is 41.5 Å². The summed E-state index contributed by atoms with van der Waals surface area (Å²) in [6.45, 7) is 4.14. The molecular weight excluding hydrogens is 433 g/mol. The summed E-state index contributed by atoms with van der Waals surface area (Å²) in [6, 6.07) is 9.72. The summed E-state index contributed by atoms with van der Waals surface area (Å²) in [5, 5.41) is 0. The first-order chi connectivity index (χ1) is 16.5. The number of carbonyl (C=O) groups is 1. The summed E-state index contributed by atoms with van der Waals surface area (Å²) in [5.41, 5.74) is 14.9. The summed E-state index contributed by atoms with van der Waals surface area (Å²) in [6.07, 6.45) is 6.32. The van der Waals surface area contributed by atoms with Crippen molar-refractivity contribution < 1.29 is 13.9 Å². The van der Waals surface area contributed by atoms with Crippen LogP contribution >= 0.6 is 0 Å². The van der Waals surface area contributed by atoms with E-state index in [2.05, 4.69) is 14.9 Å². The second-order valence-corrected chi connectivity index (χ2v) is 8.58. The number of nitrogen functional groups attached to an aromatic ring is 1. The zero-order valence-electron chi connectivity index (χ0n) is 19.3. The molecule has 178 valence electrons. The molecule has 3 aromatic rings. The van der Waals surface area contributed by atoms with Crippen LogP contribution in [0.5, 0.6) is 5.75 Å². The number of nitrogens with zero attached hydrogens (tertiary/aromatic N) is 3. The molecule has 3 heterocycles. The van der Waals surface area contributed by atoms with E-state index in [0.717, 1.165) is 43.6 Å². The first kappa shape index (κ1) is 23.6. The number of halogens is 1. The van der Waals surface area contributed by atoms with Crippen LogP contribution < -0.4 is 21.1 Å². The molecule has 4 N–H and O–H groups in total. The van der Waals surface area contributed by atoms with Gasteiger partial charge in [-0.25, -0.2) is 9.37 Å². The van der Waals surface area contributed by atoms with Crippen molar-refractivity contribution in [2.45, 2.75) is 38.6 Å². The number of carbonyl (C=O) groups excluding carboxylic acids is 1. The molecule has 0 bridgehead atoms. The molecule has 2 aromatic heterocycles. The van der Waals surface area contributed by atoms with Crippen LogP contribution in [0.15, 0.2) is 48.8 Å². The van der Waals surface area contributed by atoms with Crippen molar-refractivity contribution in [3.8, 4) is 17.0 Å². The number of pyridine rings is 2. The van der Waals surface area contributed by atoms with Crippen molar-refractivity contribution in [1.29, 1.82) is 0 Å². The minimum absolute atomic E-state index is 0.0810. The SMILES string of the molecule is CCCOc1ccc(F)c(-c2ccc(N)c(C(=O)Cc3cnccc3N3CCC[C@H](N)C3)n2)c1. The number of aromatic nitrogens is 2. The molecule has 0 amide bonds. The summed E-state index contributed by atoms with van der Waals surface area (Å²) in [4.78, 5) is 24.1. The second kappa shape index (κ2) is 10.6. The molecule has 7 nitrogen and oxygen atoms in total. The number of rotatable bonds is 8. The number of hydrogen-bond donors (Lipinski definition) is 2. The second-order valence-electron chi connectivity index (χ2n) is 8.58. The van der Waals surface area contributed by atoms with Gasteiger partial charge in [0.25, 0.3) is 0 Å². The monoisotopic (exact) mass is 463 g/mol. The Morgan fingerprint density at radius 3 is 2.91 bits per heavy atom. The Balaban J connectivity index is 1.61. The number of hydrogen-bond acceptors (Lipinski definition) is 7. The fourth-order valence-electron chi connectivity index (χ4n) is 4.20. The highest BCUT2D eigenvalue weighted by molar-refractivity contribution is 6.01. The third-order valence-electron chi connectivity index (χ3n) is 5.90. The van der Waals surface area contributed by atoms with Crippen molar-refractivity contribution in [3.05, 3.63) is 65.9 Å². The van der Waals surface area contributed by atoms with Crippen LogP contribution in [0.25, 0.3) is 11.3 Å². The number of benzene rings is 1. The molecular formula is C26H30FN5O2. The van der Waals surface area contributed by atoms with Gasteiger partial charge in [-0.2, -0.15) is 0 Å². The van der Waals surface area contributed by atoms with E-state index in [1.165, 1.54) is 6.07 Å². The Kier molecular flexibility index (Phi) is 7.37. The van der Waals surface area contributed by atoms with Gasteiger partial charge in [0, 0.05) is 54.8 Å². The van der Waals surface area contributed by atoms with Crippen LogP contribution in [0.4, 0.5) is 15.8 Å². The minimum atomic E-state index is -0.449. The zero-order chi connectivity index (χ0) is 24.1. The number of nitrogens with two attached hydrogens (primary N) is 2. The molecule has 0 saturated carbocycles. The summed E-state index contributed by atoms with van der Waals surface area (Å²) in [5.74, 6) is -0.159. The Labute approximate surface area is 199 Å². The highest BCUT2D eigenvalue weighted by atomic mass is 19.1. The smallest absolute Gasteiger partial charge is 0.187 e. The van der Waals surface area contributed by atoms with E-state index in [0.29, 0.717) is 18.1 Å². The lowest BCUT2D eigenvalue weighted by Gasteiger charge is -2.33. The third-order valence-corrected chi connectivity index (χ3v) is 5.90. The first-order valence-corrected chi connectivity index (χ1v) is 11.6. The average molecular weight is 464 g/mol. The standard InChI is InChI=1S/C26H30FN5O2/c1-2-12-34-19-5-6-21(27)20(14-19)23-8-7-22(29)26(31-23)25(33)13-17-15-30-10-9-24(17)32-11-3-4-18(28)16-32/h5-10,14-15,18H,2-4,11-13,16,28-29H2,1H3/t18-/m0/s1. The van der Waals surface area contributed by atoms with Gasteiger partial charge >= 0.3 is 0 Å². The molecule has 0 spiro atoms. The topological polar surface area (TPSA) is 107 Å². The fraction of sp³-hybridized carbons (Fsp3) is 0.346. The Morgan fingerprint density at radius 1 is 1.26 bits per heavy atom. The van der Waals surface area contributed by atoms with Crippen LogP contribution in [-0.2, 0) is 6.42 Å². The lowest BCUT2D eigenvalue weighted by atomic mass is 10.0. The van der Waals surface area contributed by atoms with E-state index in [1.54, 1.807) is 36.7 Å². The van der Waals surface area contributed by atoms with E-state index >= 15 is 0 Å². The Bertz CT molecular complexity index is 1170. The van der Waals surface area contributed by atoms with Crippen LogP contribution in [0.1, 0.15) is 42.2 Å². The van der Waals surface area contributed by atoms with Crippen LogP contribution in [0, 0.1) is 5.82 Å². The maximum absolute atomic E-state index is 14.6. The molecule has 8 heteroatoms. The van der Waals surface area contributed by atoms with E-state index < -0.39 is 5.82 Å². The van der Waals surface area contributed by atoms with Gasteiger partial charge in [0.05, 0.1) is 18.0 Å². The zero-order valence-corrected chi connectivity index (χ0v) is 19.3. The number of anilines is 2. The summed E-state index contributed by atoms with van der Waals surface area (Å²) >= 11 is 0. The van der Waals surface area contributed by atoms with Crippen molar-refractivity contribution >= 4 is 17.2 Å². The van der Waals surface area contributed by atoms with E-state index in [1.807, 2.05) is 13.0 Å². The largest absolute Gasteiger partial charge is 0.494 e. The van der Waals surface area contributed by atoms with Gasteiger partial charge in [0.2, 0.25) is 0 Å².